The average molecular weight is 437 g/mol. The van der Waals surface area contributed by atoms with E-state index >= 15 is 0 Å². The van der Waals surface area contributed by atoms with E-state index in [2.05, 4.69) is 23.8 Å². The number of nitrogens with zero attached hydrogens (tertiary/aromatic N) is 6. The third-order valence-electron chi connectivity index (χ3n) is 6.29. The van der Waals surface area contributed by atoms with Crippen LogP contribution in [0.1, 0.15) is 84.5 Å². The lowest BCUT2D eigenvalue weighted by atomic mass is 9.98. The van der Waals surface area contributed by atoms with E-state index < -0.39 is 0 Å². The minimum absolute atomic E-state index is 0.0821. The Morgan fingerprint density at radius 2 is 1.88 bits per heavy atom. The fourth-order valence-electron chi connectivity index (χ4n) is 4.70. The van der Waals surface area contributed by atoms with Crippen molar-refractivity contribution >= 4 is 17.6 Å². The predicted molar refractivity (Wildman–Crippen MR) is 121 cm³/mol. The van der Waals surface area contributed by atoms with Crippen molar-refractivity contribution in [3.05, 3.63) is 40.4 Å². The second kappa shape index (κ2) is 8.92. The largest absolute Gasteiger partial charge is 0.328 e. The summed E-state index contributed by atoms with van der Waals surface area (Å²) in [5, 5.41) is 0. The summed E-state index contributed by atoms with van der Waals surface area (Å²) in [5.41, 5.74) is 3.15. The number of likely N-dealkylation sites (tertiary alicyclic amines) is 1. The first-order valence-corrected chi connectivity index (χ1v) is 11.5. The highest BCUT2D eigenvalue weighted by Gasteiger charge is 2.35. The molecule has 0 spiro atoms. The van der Waals surface area contributed by atoms with E-state index in [1.165, 1.54) is 0 Å². The molecule has 8 nitrogen and oxygen atoms in total. The first-order chi connectivity index (χ1) is 15.3. The van der Waals surface area contributed by atoms with Gasteiger partial charge in [-0.25, -0.2) is 19.9 Å². The van der Waals surface area contributed by atoms with Crippen molar-refractivity contribution in [3.63, 3.8) is 0 Å². The molecular weight excluding hydrogens is 404 g/mol. The Labute approximate surface area is 189 Å². The van der Waals surface area contributed by atoms with Crippen LogP contribution in [-0.4, -0.2) is 49.7 Å². The third-order valence-corrected chi connectivity index (χ3v) is 6.29. The van der Waals surface area contributed by atoms with Gasteiger partial charge in [-0.15, -0.1) is 0 Å². The average Bonchev–Trinajstić information content (AvgIpc) is 2.75. The molecule has 0 aliphatic carbocycles. The van der Waals surface area contributed by atoms with Crippen LogP contribution in [0.3, 0.4) is 0 Å². The molecule has 0 radical (unpaired) electrons. The number of piperidine rings is 1. The molecule has 4 heterocycles. The number of amides is 2. The molecule has 4 rings (SSSR count). The van der Waals surface area contributed by atoms with E-state index in [-0.39, 0.29) is 17.9 Å². The summed E-state index contributed by atoms with van der Waals surface area (Å²) < 4.78 is 0. The summed E-state index contributed by atoms with van der Waals surface area (Å²) in [5.74, 6) is 2.37. The molecule has 0 N–H and O–H groups in total. The highest BCUT2D eigenvalue weighted by atomic mass is 16.2. The molecule has 0 aromatic carbocycles. The van der Waals surface area contributed by atoms with Crippen molar-refractivity contribution in [2.45, 2.75) is 72.8 Å². The molecule has 1 saturated heterocycles. The van der Waals surface area contributed by atoms with E-state index in [0.29, 0.717) is 54.8 Å². The molecule has 2 aliphatic rings. The smallest absolute Gasteiger partial charge is 0.257 e. The second-order valence-electron chi connectivity index (χ2n) is 9.29. The fraction of sp³-hybridized carbons (Fsp3) is 0.583. The van der Waals surface area contributed by atoms with Crippen molar-refractivity contribution in [1.82, 2.24) is 24.8 Å². The van der Waals surface area contributed by atoms with Gasteiger partial charge in [0.1, 0.15) is 11.6 Å². The van der Waals surface area contributed by atoms with Crippen molar-refractivity contribution in [1.29, 1.82) is 0 Å². The number of fused-ring (bicyclic) bond motifs is 1. The number of aromatic nitrogens is 4. The molecule has 170 valence electrons. The lowest BCUT2D eigenvalue weighted by Gasteiger charge is -2.36. The minimum atomic E-state index is -0.223. The van der Waals surface area contributed by atoms with Gasteiger partial charge in [0.05, 0.1) is 17.3 Å². The van der Waals surface area contributed by atoms with Gasteiger partial charge in [-0.2, -0.15) is 0 Å². The molecule has 2 aliphatic heterocycles. The Balaban J connectivity index is 1.72. The van der Waals surface area contributed by atoms with Gasteiger partial charge in [0.2, 0.25) is 5.91 Å². The summed E-state index contributed by atoms with van der Waals surface area (Å²) in [6, 6.07) is -0.223. The van der Waals surface area contributed by atoms with Crippen molar-refractivity contribution in [2.24, 2.45) is 5.92 Å². The van der Waals surface area contributed by atoms with Crippen LogP contribution < -0.4 is 4.90 Å². The maximum absolute atomic E-state index is 13.5. The maximum atomic E-state index is 13.5. The van der Waals surface area contributed by atoms with Crippen LogP contribution in [-0.2, 0) is 11.2 Å². The zero-order valence-electron chi connectivity index (χ0n) is 19.7. The minimum Gasteiger partial charge on any atom is -0.328 e. The summed E-state index contributed by atoms with van der Waals surface area (Å²) in [4.78, 5) is 48.2. The summed E-state index contributed by atoms with van der Waals surface area (Å²) in [6.07, 6.45) is 5.52. The van der Waals surface area contributed by atoms with E-state index in [9.17, 15) is 9.59 Å². The Bertz CT molecular complexity index is 1050. The summed E-state index contributed by atoms with van der Waals surface area (Å²) in [7, 11) is 0. The molecule has 2 aromatic rings. The van der Waals surface area contributed by atoms with Crippen molar-refractivity contribution in [3.8, 4) is 0 Å². The Morgan fingerprint density at radius 1 is 1.09 bits per heavy atom. The molecule has 32 heavy (non-hydrogen) atoms. The van der Waals surface area contributed by atoms with Gasteiger partial charge in [-0.1, -0.05) is 13.8 Å². The topological polar surface area (TPSA) is 92.2 Å². The van der Waals surface area contributed by atoms with Gasteiger partial charge in [-0.3, -0.25) is 14.5 Å². The standard InChI is InChI=1S/C24H32N6O2/c1-14(2)13-30-21(31)10-9-18-15(3)27-22(28-23(18)30)20-8-6-7-11-29(20)24(32)19-12-25-17(5)26-16(19)4/h12,14,20H,6-11,13H2,1-5H3. The van der Waals surface area contributed by atoms with Crippen LogP contribution >= 0.6 is 0 Å². The van der Waals surface area contributed by atoms with Crippen LogP contribution in [0.15, 0.2) is 6.20 Å². The highest BCUT2D eigenvalue weighted by Crippen LogP contribution is 2.35. The van der Waals surface area contributed by atoms with Gasteiger partial charge >= 0.3 is 0 Å². The normalized spacial score (nSPS) is 18.8. The third kappa shape index (κ3) is 4.23. The molecule has 8 heteroatoms. The molecular formula is C24H32N6O2. The summed E-state index contributed by atoms with van der Waals surface area (Å²) >= 11 is 0. The Hall–Kier alpha value is -2.90. The predicted octanol–water partition coefficient (Wildman–Crippen LogP) is 3.49. The lowest BCUT2D eigenvalue weighted by Crippen LogP contribution is -2.42. The first-order valence-electron chi connectivity index (χ1n) is 11.5. The number of aryl methyl sites for hydroxylation is 3. The Morgan fingerprint density at radius 3 is 2.59 bits per heavy atom. The second-order valence-corrected chi connectivity index (χ2v) is 9.29. The van der Waals surface area contributed by atoms with Crippen LogP contribution in [0.2, 0.25) is 0 Å². The van der Waals surface area contributed by atoms with Crippen molar-refractivity contribution in [2.75, 3.05) is 18.0 Å². The highest BCUT2D eigenvalue weighted by molar-refractivity contribution is 5.96. The number of hydrogen-bond acceptors (Lipinski definition) is 6. The summed E-state index contributed by atoms with van der Waals surface area (Å²) in [6.45, 7) is 11.1. The number of carbonyl (C=O) groups excluding carboxylic acids is 2. The monoisotopic (exact) mass is 436 g/mol. The number of carbonyl (C=O) groups is 2. The molecule has 1 unspecified atom stereocenters. The molecule has 1 fully saturated rings. The molecule has 0 bridgehead atoms. The van der Waals surface area contributed by atoms with Gasteiger partial charge in [0.15, 0.2) is 5.82 Å². The van der Waals surface area contributed by atoms with Gasteiger partial charge in [0.25, 0.3) is 5.91 Å². The van der Waals surface area contributed by atoms with Gasteiger partial charge in [0, 0.05) is 37.0 Å². The first kappa shape index (κ1) is 22.3. The van der Waals surface area contributed by atoms with Crippen molar-refractivity contribution < 1.29 is 9.59 Å². The molecule has 2 aromatic heterocycles. The van der Waals surface area contributed by atoms with Crippen LogP contribution in [0, 0.1) is 26.7 Å². The molecule has 2 amide bonds. The fourth-order valence-corrected chi connectivity index (χ4v) is 4.70. The molecule has 0 saturated carbocycles. The SMILES string of the molecule is Cc1ncc(C(=O)N2CCCCC2c2nc(C)c3c(n2)N(CC(C)C)C(=O)CC3)c(C)n1. The number of rotatable bonds is 4. The quantitative estimate of drug-likeness (QED) is 0.728. The van der Waals surface area contributed by atoms with E-state index in [0.717, 1.165) is 36.3 Å². The van der Waals surface area contributed by atoms with E-state index in [1.54, 1.807) is 6.20 Å². The van der Waals surface area contributed by atoms with E-state index in [1.807, 2.05) is 30.6 Å². The Kier molecular flexibility index (Phi) is 6.22. The van der Waals surface area contributed by atoms with Gasteiger partial charge < -0.3 is 4.90 Å². The number of hydrogen-bond donors (Lipinski definition) is 0. The van der Waals surface area contributed by atoms with Gasteiger partial charge in [-0.05, 0) is 52.4 Å². The van der Waals surface area contributed by atoms with Crippen LogP contribution in [0.25, 0.3) is 0 Å². The lowest BCUT2D eigenvalue weighted by molar-refractivity contribution is -0.119. The van der Waals surface area contributed by atoms with Crippen LogP contribution in [0.5, 0.6) is 0 Å². The zero-order valence-corrected chi connectivity index (χ0v) is 19.7. The number of anilines is 1. The zero-order chi connectivity index (χ0) is 23.0. The van der Waals surface area contributed by atoms with E-state index in [4.69, 9.17) is 9.97 Å². The van der Waals surface area contributed by atoms with Crippen LogP contribution in [0.4, 0.5) is 5.82 Å². The molecule has 1 atom stereocenters. The maximum Gasteiger partial charge on any atom is 0.257 e.